The summed E-state index contributed by atoms with van der Waals surface area (Å²) < 4.78 is 0. The molecule has 1 aliphatic rings. The molecule has 2 N–H and O–H groups in total. The molecule has 5 heteroatoms. The molecule has 1 fully saturated rings. The number of rotatable bonds is 3. The van der Waals surface area contributed by atoms with E-state index >= 15 is 0 Å². The number of hydrogen-bond donors (Lipinski definition) is 2. The summed E-state index contributed by atoms with van der Waals surface area (Å²) in [6.07, 6.45) is 2.41. The second-order valence-electron chi connectivity index (χ2n) is 4.49. The molecule has 15 heavy (non-hydrogen) atoms. The second kappa shape index (κ2) is 3.18. The van der Waals surface area contributed by atoms with E-state index in [1.54, 1.807) is 0 Å². The summed E-state index contributed by atoms with van der Waals surface area (Å²) >= 11 is 0. The number of anilines is 1. The van der Waals surface area contributed by atoms with Crippen molar-refractivity contribution in [1.29, 1.82) is 0 Å². The minimum atomic E-state index is -0.981. The van der Waals surface area contributed by atoms with Gasteiger partial charge < -0.3 is 10.4 Å². The molecular formula is C10H13N3O2. The van der Waals surface area contributed by atoms with Gasteiger partial charge in [0.05, 0.1) is 6.20 Å². The van der Waals surface area contributed by atoms with Gasteiger partial charge in [0.15, 0.2) is 5.82 Å². The number of carboxylic acid groups (broad SMARTS) is 1. The van der Waals surface area contributed by atoms with Crippen LogP contribution in [-0.4, -0.2) is 27.3 Å². The van der Waals surface area contributed by atoms with Gasteiger partial charge in [-0.3, -0.25) is 0 Å². The van der Waals surface area contributed by atoms with E-state index < -0.39 is 5.97 Å². The standard InChI is InChI=1S/C10H13N3O2/c1-10(2)5-7(10)12-8-6(9(14)15)3-4-11-13-8/h3-4,7H,5H2,1-2H3,(H,12,13)(H,14,15)/t7-/m0/s1. The van der Waals surface area contributed by atoms with E-state index in [0.29, 0.717) is 11.9 Å². The van der Waals surface area contributed by atoms with Crippen molar-refractivity contribution in [3.63, 3.8) is 0 Å². The number of carbonyl (C=O) groups is 1. The largest absolute Gasteiger partial charge is 0.478 e. The average Bonchev–Trinajstić information content (AvgIpc) is 2.74. The van der Waals surface area contributed by atoms with Crippen LogP contribution in [0.1, 0.15) is 30.6 Å². The van der Waals surface area contributed by atoms with Gasteiger partial charge in [0, 0.05) is 6.04 Å². The summed E-state index contributed by atoms with van der Waals surface area (Å²) in [6, 6.07) is 1.75. The topological polar surface area (TPSA) is 75.1 Å². The van der Waals surface area contributed by atoms with Crippen LogP contribution in [0, 0.1) is 5.41 Å². The third kappa shape index (κ3) is 1.91. The number of aromatic nitrogens is 2. The third-order valence-corrected chi connectivity index (χ3v) is 2.78. The molecule has 1 saturated carbocycles. The fraction of sp³-hybridized carbons (Fsp3) is 0.500. The van der Waals surface area contributed by atoms with E-state index in [4.69, 9.17) is 5.11 Å². The normalized spacial score (nSPS) is 22.1. The Hall–Kier alpha value is -1.65. The van der Waals surface area contributed by atoms with E-state index in [1.165, 1.54) is 12.3 Å². The van der Waals surface area contributed by atoms with Crippen molar-refractivity contribution in [3.05, 3.63) is 17.8 Å². The van der Waals surface area contributed by atoms with Gasteiger partial charge in [-0.05, 0) is 17.9 Å². The fourth-order valence-electron chi connectivity index (χ4n) is 1.49. The van der Waals surface area contributed by atoms with Crippen LogP contribution in [0.2, 0.25) is 0 Å². The predicted octanol–water partition coefficient (Wildman–Crippen LogP) is 1.39. The Bertz CT molecular complexity index is 403. The molecule has 0 spiro atoms. The molecule has 80 valence electrons. The van der Waals surface area contributed by atoms with Gasteiger partial charge in [-0.25, -0.2) is 4.79 Å². The summed E-state index contributed by atoms with van der Waals surface area (Å²) in [4.78, 5) is 10.9. The van der Waals surface area contributed by atoms with E-state index in [1.807, 2.05) is 0 Å². The number of aromatic carboxylic acids is 1. The fourth-order valence-corrected chi connectivity index (χ4v) is 1.49. The highest BCUT2D eigenvalue weighted by atomic mass is 16.4. The molecule has 0 radical (unpaired) electrons. The van der Waals surface area contributed by atoms with E-state index in [-0.39, 0.29) is 11.0 Å². The first-order valence-corrected chi connectivity index (χ1v) is 4.82. The zero-order valence-corrected chi connectivity index (χ0v) is 8.69. The van der Waals surface area contributed by atoms with Crippen molar-refractivity contribution >= 4 is 11.8 Å². The first-order valence-electron chi connectivity index (χ1n) is 4.82. The Morgan fingerprint density at radius 1 is 1.67 bits per heavy atom. The molecule has 1 aliphatic carbocycles. The van der Waals surface area contributed by atoms with E-state index in [9.17, 15) is 4.79 Å². The van der Waals surface area contributed by atoms with Crippen LogP contribution in [0.15, 0.2) is 12.3 Å². The molecule has 2 rings (SSSR count). The maximum absolute atomic E-state index is 10.9. The van der Waals surface area contributed by atoms with Gasteiger partial charge in [0.1, 0.15) is 5.56 Å². The van der Waals surface area contributed by atoms with Crippen molar-refractivity contribution in [3.8, 4) is 0 Å². The molecule has 0 unspecified atom stereocenters. The molecule has 1 heterocycles. The number of nitrogens with zero attached hydrogens (tertiary/aromatic N) is 2. The smallest absolute Gasteiger partial charge is 0.339 e. The van der Waals surface area contributed by atoms with E-state index in [2.05, 4.69) is 29.4 Å². The second-order valence-corrected chi connectivity index (χ2v) is 4.49. The molecule has 1 aromatic rings. The Balaban J connectivity index is 2.18. The molecule has 5 nitrogen and oxygen atoms in total. The Labute approximate surface area is 87.5 Å². The van der Waals surface area contributed by atoms with Crippen molar-refractivity contribution in [2.75, 3.05) is 5.32 Å². The summed E-state index contributed by atoms with van der Waals surface area (Å²) in [5.41, 5.74) is 0.403. The number of hydrogen-bond acceptors (Lipinski definition) is 4. The van der Waals surface area contributed by atoms with Crippen LogP contribution in [0.3, 0.4) is 0 Å². The highest BCUT2D eigenvalue weighted by molar-refractivity contribution is 5.92. The molecule has 0 amide bonds. The summed E-state index contributed by atoms with van der Waals surface area (Å²) in [5.74, 6) is -0.619. The average molecular weight is 207 g/mol. The summed E-state index contributed by atoms with van der Waals surface area (Å²) in [6.45, 7) is 4.25. The maximum atomic E-state index is 10.9. The molecule has 0 bridgehead atoms. The minimum Gasteiger partial charge on any atom is -0.478 e. The van der Waals surface area contributed by atoms with Crippen LogP contribution in [0.4, 0.5) is 5.82 Å². The van der Waals surface area contributed by atoms with Gasteiger partial charge >= 0.3 is 5.97 Å². The van der Waals surface area contributed by atoms with Crippen LogP contribution < -0.4 is 5.32 Å². The lowest BCUT2D eigenvalue weighted by molar-refractivity contribution is 0.0697. The maximum Gasteiger partial charge on any atom is 0.339 e. The van der Waals surface area contributed by atoms with Crippen molar-refractivity contribution in [2.24, 2.45) is 5.41 Å². The highest BCUT2D eigenvalue weighted by Crippen LogP contribution is 2.46. The SMILES string of the molecule is CC1(C)C[C@@H]1Nc1nnccc1C(=O)O. The predicted molar refractivity (Wildman–Crippen MR) is 54.8 cm³/mol. The number of carboxylic acids is 1. The first kappa shape index (κ1) is 9.89. The zero-order chi connectivity index (χ0) is 11.1. The van der Waals surface area contributed by atoms with E-state index in [0.717, 1.165) is 6.42 Å². The quantitative estimate of drug-likeness (QED) is 0.783. The molecule has 0 saturated heterocycles. The molecule has 0 aliphatic heterocycles. The van der Waals surface area contributed by atoms with Crippen molar-refractivity contribution < 1.29 is 9.90 Å². The van der Waals surface area contributed by atoms with Crippen molar-refractivity contribution in [2.45, 2.75) is 26.3 Å². The third-order valence-electron chi connectivity index (χ3n) is 2.78. The molecule has 1 aromatic heterocycles. The van der Waals surface area contributed by atoms with Crippen LogP contribution in [-0.2, 0) is 0 Å². The zero-order valence-electron chi connectivity index (χ0n) is 8.69. The Kier molecular flexibility index (Phi) is 2.10. The van der Waals surface area contributed by atoms with Crippen LogP contribution >= 0.6 is 0 Å². The Morgan fingerprint density at radius 2 is 2.33 bits per heavy atom. The summed E-state index contributed by atoms with van der Waals surface area (Å²) in [5, 5.41) is 19.5. The summed E-state index contributed by atoms with van der Waals surface area (Å²) in [7, 11) is 0. The lowest BCUT2D eigenvalue weighted by Crippen LogP contribution is -2.14. The highest BCUT2D eigenvalue weighted by Gasteiger charge is 2.46. The molecule has 0 aromatic carbocycles. The van der Waals surface area contributed by atoms with Gasteiger partial charge in [0.2, 0.25) is 0 Å². The van der Waals surface area contributed by atoms with Gasteiger partial charge in [0.25, 0.3) is 0 Å². The molecule has 1 atom stereocenters. The number of nitrogens with one attached hydrogen (secondary N) is 1. The van der Waals surface area contributed by atoms with Crippen LogP contribution in [0.25, 0.3) is 0 Å². The Morgan fingerprint density at radius 3 is 2.87 bits per heavy atom. The molecular weight excluding hydrogens is 194 g/mol. The monoisotopic (exact) mass is 207 g/mol. The van der Waals surface area contributed by atoms with Gasteiger partial charge in [-0.15, -0.1) is 5.10 Å². The minimum absolute atomic E-state index is 0.174. The van der Waals surface area contributed by atoms with Crippen LogP contribution in [0.5, 0.6) is 0 Å². The lowest BCUT2D eigenvalue weighted by atomic mass is 10.2. The van der Waals surface area contributed by atoms with Gasteiger partial charge in [-0.1, -0.05) is 13.8 Å². The van der Waals surface area contributed by atoms with Gasteiger partial charge in [-0.2, -0.15) is 5.10 Å². The first-order chi connectivity index (χ1) is 7.00. The van der Waals surface area contributed by atoms with Crippen molar-refractivity contribution in [1.82, 2.24) is 10.2 Å². The lowest BCUT2D eigenvalue weighted by Gasteiger charge is -2.08.